The molecule has 102 valence electrons. The lowest BCUT2D eigenvalue weighted by atomic mass is 10.1. The number of carbonyl (C=O) groups excluding carboxylic acids is 1. The second-order valence-electron chi connectivity index (χ2n) is 4.31. The van der Waals surface area contributed by atoms with Crippen LogP contribution in [-0.2, 0) is 9.59 Å². The maximum absolute atomic E-state index is 11.8. The molecule has 4 nitrogen and oxygen atoms in total. The number of hydrogen-bond acceptors (Lipinski definition) is 2. The summed E-state index contributed by atoms with van der Waals surface area (Å²) in [4.78, 5) is 23.9. The van der Waals surface area contributed by atoms with Crippen molar-refractivity contribution in [2.45, 2.75) is 6.92 Å². The fourth-order valence-corrected chi connectivity index (χ4v) is 1.89. The molecule has 0 bridgehead atoms. The zero-order chi connectivity index (χ0) is 14.4. The van der Waals surface area contributed by atoms with Crippen LogP contribution < -0.4 is 0 Å². The molecule has 1 aromatic rings. The Morgan fingerprint density at radius 3 is 2.63 bits per heavy atom. The van der Waals surface area contributed by atoms with Gasteiger partial charge in [-0.3, -0.25) is 9.59 Å². The molecule has 1 rings (SSSR count). The van der Waals surface area contributed by atoms with Gasteiger partial charge in [0.15, 0.2) is 0 Å². The van der Waals surface area contributed by atoms with Gasteiger partial charge < -0.3 is 10.0 Å². The van der Waals surface area contributed by atoms with Gasteiger partial charge in [0.1, 0.15) is 0 Å². The molecule has 0 aliphatic carbocycles. The molecule has 1 amide bonds. The van der Waals surface area contributed by atoms with Crippen molar-refractivity contribution in [1.82, 2.24) is 4.90 Å². The van der Waals surface area contributed by atoms with E-state index in [4.69, 9.17) is 5.11 Å². The molecule has 0 spiro atoms. The molecule has 0 radical (unpaired) electrons. The highest BCUT2D eigenvalue weighted by Crippen LogP contribution is 2.17. The van der Waals surface area contributed by atoms with Crippen molar-refractivity contribution in [3.63, 3.8) is 0 Å². The van der Waals surface area contributed by atoms with Crippen LogP contribution in [0.2, 0.25) is 0 Å². The third kappa shape index (κ3) is 4.87. The Kier molecular flexibility index (Phi) is 5.76. The van der Waals surface area contributed by atoms with Crippen LogP contribution >= 0.6 is 15.9 Å². The van der Waals surface area contributed by atoms with E-state index in [-0.39, 0.29) is 12.5 Å². The van der Waals surface area contributed by atoms with Crippen LogP contribution in [0.4, 0.5) is 0 Å². The van der Waals surface area contributed by atoms with Crippen LogP contribution in [0.15, 0.2) is 34.8 Å². The molecule has 0 aromatic heterocycles. The molecule has 0 saturated heterocycles. The van der Waals surface area contributed by atoms with E-state index in [9.17, 15) is 9.59 Å². The molecule has 0 aliphatic heterocycles. The SMILES string of the molecule is CC(CN(C)C(=O)C=Cc1ccccc1Br)C(=O)O. The molecule has 0 aliphatic rings. The van der Waals surface area contributed by atoms with E-state index in [0.717, 1.165) is 10.0 Å². The average Bonchev–Trinajstić information content (AvgIpc) is 2.37. The minimum Gasteiger partial charge on any atom is -0.481 e. The minimum absolute atomic E-state index is 0.189. The average molecular weight is 326 g/mol. The summed E-state index contributed by atoms with van der Waals surface area (Å²) >= 11 is 3.39. The van der Waals surface area contributed by atoms with Gasteiger partial charge in [0.2, 0.25) is 5.91 Å². The number of carboxylic acid groups (broad SMARTS) is 1. The summed E-state index contributed by atoms with van der Waals surface area (Å²) in [5, 5.41) is 8.79. The Hall–Kier alpha value is -1.62. The van der Waals surface area contributed by atoms with Gasteiger partial charge in [0.05, 0.1) is 5.92 Å². The first kappa shape index (κ1) is 15.4. The number of aliphatic carboxylic acids is 1. The summed E-state index contributed by atoms with van der Waals surface area (Å²) in [5.41, 5.74) is 0.899. The van der Waals surface area contributed by atoms with Gasteiger partial charge in [0.25, 0.3) is 0 Å². The molecule has 19 heavy (non-hydrogen) atoms. The quantitative estimate of drug-likeness (QED) is 0.847. The molecule has 0 saturated carbocycles. The molecule has 1 N–H and O–H groups in total. The first-order valence-corrected chi connectivity index (χ1v) is 6.61. The second-order valence-corrected chi connectivity index (χ2v) is 5.17. The summed E-state index contributed by atoms with van der Waals surface area (Å²) in [6.45, 7) is 1.76. The Balaban J connectivity index is 2.64. The molecular weight excluding hydrogens is 310 g/mol. The number of carboxylic acids is 1. The van der Waals surface area contributed by atoms with Gasteiger partial charge in [0, 0.05) is 24.1 Å². The summed E-state index contributed by atoms with van der Waals surface area (Å²) in [5.74, 6) is -1.70. The smallest absolute Gasteiger partial charge is 0.308 e. The zero-order valence-electron chi connectivity index (χ0n) is 10.8. The summed E-state index contributed by atoms with van der Waals surface area (Å²) in [6.07, 6.45) is 3.14. The van der Waals surface area contributed by atoms with Crippen LogP contribution in [0.3, 0.4) is 0 Å². The number of amides is 1. The zero-order valence-corrected chi connectivity index (χ0v) is 12.4. The minimum atomic E-state index is -0.908. The normalized spacial score (nSPS) is 12.4. The van der Waals surface area contributed by atoms with Crippen LogP contribution in [0.5, 0.6) is 0 Å². The monoisotopic (exact) mass is 325 g/mol. The lowest BCUT2D eigenvalue weighted by molar-refractivity contribution is -0.142. The maximum atomic E-state index is 11.8. The number of halogens is 1. The van der Waals surface area contributed by atoms with Crippen LogP contribution in [-0.4, -0.2) is 35.5 Å². The fraction of sp³-hybridized carbons (Fsp3) is 0.286. The summed E-state index contributed by atoms with van der Waals surface area (Å²) in [6, 6.07) is 7.54. The fourth-order valence-electron chi connectivity index (χ4n) is 1.48. The van der Waals surface area contributed by atoms with Gasteiger partial charge in [-0.1, -0.05) is 41.1 Å². The third-order valence-electron chi connectivity index (χ3n) is 2.66. The van der Waals surface area contributed by atoms with Crippen LogP contribution in [0.25, 0.3) is 6.08 Å². The van der Waals surface area contributed by atoms with E-state index in [1.54, 1.807) is 20.0 Å². The number of benzene rings is 1. The Labute approximate surface area is 120 Å². The predicted octanol–water partition coefficient (Wildman–Crippen LogP) is 2.64. The van der Waals surface area contributed by atoms with Crippen molar-refractivity contribution in [3.8, 4) is 0 Å². The lowest BCUT2D eigenvalue weighted by Crippen LogP contribution is -2.32. The van der Waals surface area contributed by atoms with Crippen molar-refractivity contribution in [2.75, 3.05) is 13.6 Å². The van der Waals surface area contributed by atoms with E-state index >= 15 is 0 Å². The number of carbonyl (C=O) groups is 2. The molecule has 1 aromatic carbocycles. The molecule has 0 fully saturated rings. The number of likely N-dealkylation sites (N-methyl/N-ethyl adjacent to an activating group) is 1. The number of nitrogens with zero attached hydrogens (tertiary/aromatic N) is 1. The predicted molar refractivity (Wildman–Crippen MR) is 77.6 cm³/mol. The highest BCUT2D eigenvalue weighted by atomic mass is 79.9. The summed E-state index contributed by atoms with van der Waals surface area (Å²) in [7, 11) is 1.59. The maximum Gasteiger partial charge on any atom is 0.308 e. The molecule has 1 unspecified atom stereocenters. The second kappa shape index (κ2) is 7.09. The molecular formula is C14H16BrNO3. The van der Waals surface area contributed by atoms with Gasteiger partial charge in [-0.2, -0.15) is 0 Å². The number of rotatable bonds is 5. The lowest BCUT2D eigenvalue weighted by Gasteiger charge is -2.17. The highest BCUT2D eigenvalue weighted by Gasteiger charge is 2.15. The molecule has 5 heteroatoms. The van der Waals surface area contributed by atoms with Crippen molar-refractivity contribution < 1.29 is 14.7 Å². The Morgan fingerprint density at radius 2 is 2.05 bits per heavy atom. The first-order chi connectivity index (χ1) is 8.91. The van der Waals surface area contributed by atoms with E-state index in [2.05, 4.69) is 15.9 Å². The van der Waals surface area contributed by atoms with Gasteiger partial charge in [-0.15, -0.1) is 0 Å². The van der Waals surface area contributed by atoms with Crippen molar-refractivity contribution in [1.29, 1.82) is 0 Å². The largest absolute Gasteiger partial charge is 0.481 e. The molecule has 1 atom stereocenters. The first-order valence-electron chi connectivity index (χ1n) is 5.82. The van der Waals surface area contributed by atoms with Crippen LogP contribution in [0.1, 0.15) is 12.5 Å². The topological polar surface area (TPSA) is 57.6 Å². The van der Waals surface area contributed by atoms with Crippen molar-refractivity contribution >= 4 is 33.9 Å². The van der Waals surface area contributed by atoms with Crippen molar-refractivity contribution in [3.05, 3.63) is 40.4 Å². The Bertz CT molecular complexity index is 499. The van der Waals surface area contributed by atoms with E-state index < -0.39 is 11.9 Å². The van der Waals surface area contributed by atoms with E-state index in [1.165, 1.54) is 11.0 Å². The number of hydrogen-bond donors (Lipinski definition) is 1. The van der Waals surface area contributed by atoms with E-state index in [1.807, 2.05) is 24.3 Å². The van der Waals surface area contributed by atoms with E-state index in [0.29, 0.717) is 0 Å². The van der Waals surface area contributed by atoms with Gasteiger partial charge >= 0.3 is 5.97 Å². The highest BCUT2D eigenvalue weighted by molar-refractivity contribution is 9.10. The Morgan fingerprint density at radius 1 is 1.42 bits per heavy atom. The van der Waals surface area contributed by atoms with Crippen molar-refractivity contribution in [2.24, 2.45) is 5.92 Å². The standard InChI is InChI=1S/C14H16BrNO3/c1-10(14(18)19)9-16(2)13(17)8-7-11-5-3-4-6-12(11)15/h3-8,10H,9H2,1-2H3,(H,18,19). The van der Waals surface area contributed by atoms with Crippen LogP contribution in [0, 0.1) is 5.92 Å². The van der Waals surface area contributed by atoms with Gasteiger partial charge in [-0.05, 0) is 17.7 Å². The molecule has 0 heterocycles. The van der Waals surface area contributed by atoms with Gasteiger partial charge in [-0.25, -0.2) is 0 Å². The summed E-state index contributed by atoms with van der Waals surface area (Å²) < 4.78 is 0.903. The third-order valence-corrected chi connectivity index (χ3v) is 3.38.